The maximum absolute atomic E-state index is 9.13. The molecule has 78 valence electrons. The van der Waals surface area contributed by atoms with Crippen molar-refractivity contribution in [1.82, 2.24) is 0 Å². The molecule has 1 N–H and O–H groups in total. The molecule has 0 aromatic rings. The van der Waals surface area contributed by atoms with E-state index in [4.69, 9.17) is 9.84 Å². The lowest BCUT2D eigenvalue weighted by Crippen LogP contribution is -2.12. The van der Waals surface area contributed by atoms with E-state index in [1.807, 2.05) is 6.92 Å². The molecule has 1 rings (SSSR count). The van der Waals surface area contributed by atoms with E-state index in [9.17, 15) is 0 Å². The fraction of sp³-hybridized carbons (Fsp3) is 1.00. The van der Waals surface area contributed by atoms with Gasteiger partial charge in [-0.15, -0.1) is 0 Å². The van der Waals surface area contributed by atoms with E-state index in [1.165, 1.54) is 19.3 Å². The minimum absolute atomic E-state index is 0.146. The van der Waals surface area contributed by atoms with Crippen molar-refractivity contribution in [3.05, 3.63) is 0 Å². The van der Waals surface area contributed by atoms with Gasteiger partial charge in [0.25, 0.3) is 0 Å². The van der Waals surface area contributed by atoms with E-state index < -0.39 is 0 Å². The molecule has 0 radical (unpaired) electrons. The Labute approximate surface area is 81.3 Å². The van der Waals surface area contributed by atoms with E-state index in [1.54, 1.807) is 0 Å². The van der Waals surface area contributed by atoms with Crippen molar-refractivity contribution in [2.45, 2.75) is 58.2 Å². The van der Waals surface area contributed by atoms with E-state index in [2.05, 4.69) is 6.92 Å². The van der Waals surface area contributed by atoms with Crippen LogP contribution in [0.5, 0.6) is 0 Å². The van der Waals surface area contributed by atoms with Crippen molar-refractivity contribution in [1.29, 1.82) is 0 Å². The fourth-order valence-electron chi connectivity index (χ4n) is 1.92. The molecule has 2 nitrogen and oxygen atoms in total. The summed E-state index contributed by atoms with van der Waals surface area (Å²) in [6.45, 7) is 5.07. The lowest BCUT2D eigenvalue weighted by atomic mass is 9.96. The molecule has 0 saturated carbocycles. The predicted octanol–water partition coefficient (Wildman–Crippen LogP) is 2.35. The molecule has 0 aromatic heterocycles. The van der Waals surface area contributed by atoms with Crippen LogP contribution in [-0.4, -0.2) is 23.9 Å². The molecule has 0 spiro atoms. The summed E-state index contributed by atoms with van der Waals surface area (Å²) in [4.78, 5) is 0. The first kappa shape index (κ1) is 11.0. The Morgan fingerprint density at radius 1 is 1.38 bits per heavy atom. The van der Waals surface area contributed by atoms with Crippen molar-refractivity contribution in [2.75, 3.05) is 6.61 Å². The number of rotatable bonds is 5. The Balaban J connectivity index is 2.05. The van der Waals surface area contributed by atoms with Crippen LogP contribution in [0, 0.1) is 5.92 Å². The zero-order chi connectivity index (χ0) is 9.68. The quantitative estimate of drug-likeness (QED) is 0.714. The second-order valence-corrected chi connectivity index (χ2v) is 4.40. The van der Waals surface area contributed by atoms with Crippen molar-refractivity contribution >= 4 is 0 Å². The van der Waals surface area contributed by atoms with Crippen LogP contribution >= 0.6 is 0 Å². The fourth-order valence-corrected chi connectivity index (χ4v) is 1.92. The molecule has 1 aliphatic rings. The topological polar surface area (TPSA) is 29.5 Å². The third-order valence-electron chi connectivity index (χ3n) is 2.77. The van der Waals surface area contributed by atoms with Gasteiger partial charge in [-0.3, -0.25) is 0 Å². The Hall–Kier alpha value is -0.0800. The summed E-state index contributed by atoms with van der Waals surface area (Å²) in [5.41, 5.74) is 0. The van der Waals surface area contributed by atoms with Crippen LogP contribution in [0.3, 0.4) is 0 Å². The van der Waals surface area contributed by atoms with Crippen LogP contribution in [0.1, 0.15) is 46.0 Å². The Morgan fingerprint density at radius 2 is 2.15 bits per heavy atom. The zero-order valence-electron chi connectivity index (χ0n) is 8.83. The van der Waals surface area contributed by atoms with Gasteiger partial charge in [-0.1, -0.05) is 6.92 Å². The molecule has 1 fully saturated rings. The standard InChI is InChI=1S/C11H22O2/c1-9(5-6-10(2)12)8-11-4-3-7-13-11/h9-12H,3-8H2,1-2H3/t9-,10+,11-/m0/s1. The number of aliphatic hydroxyl groups is 1. The molecule has 0 aromatic carbocycles. The highest BCUT2D eigenvalue weighted by molar-refractivity contribution is 4.68. The SMILES string of the molecule is C[C@@H](CC[C@@H](C)O)C[C@@H]1CCCO1. The molecule has 1 saturated heterocycles. The van der Waals surface area contributed by atoms with Crippen LogP contribution in [0.4, 0.5) is 0 Å². The van der Waals surface area contributed by atoms with Crippen LogP contribution in [0.25, 0.3) is 0 Å². The molecule has 1 heterocycles. The molecule has 3 atom stereocenters. The summed E-state index contributed by atoms with van der Waals surface area (Å²) in [7, 11) is 0. The summed E-state index contributed by atoms with van der Waals surface area (Å²) in [6, 6.07) is 0. The van der Waals surface area contributed by atoms with Crippen LogP contribution in [-0.2, 0) is 4.74 Å². The zero-order valence-corrected chi connectivity index (χ0v) is 8.83. The molecular weight excluding hydrogens is 164 g/mol. The molecule has 0 unspecified atom stereocenters. The minimum Gasteiger partial charge on any atom is -0.393 e. The van der Waals surface area contributed by atoms with Gasteiger partial charge in [-0.2, -0.15) is 0 Å². The highest BCUT2D eigenvalue weighted by Gasteiger charge is 2.18. The molecule has 13 heavy (non-hydrogen) atoms. The van der Waals surface area contributed by atoms with Gasteiger partial charge in [0.1, 0.15) is 0 Å². The number of hydrogen-bond donors (Lipinski definition) is 1. The first-order chi connectivity index (χ1) is 6.18. The average Bonchev–Trinajstić information content (AvgIpc) is 2.53. The van der Waals surface area contributed by atoms with Gasteiger partial charge in [0, 0.05) is 6.61 Å². The van der Waals surface area contributed by atoms with Gasteiger partial charge in [-0.05, 0) is 44.9 Å². The van der Waals surface area contributed by atoms with Gasteiger partial charge >= 0.3 is 0 Å². The maximum atomic E-state index is 9.13. The van der Waals surface area contributed by atoms with Crippen molar-refractivity contribution in [3.8, 4) is 0 Å². The summed E-state index contributed by atoms with van der Waals surface area (Å²) >= 11 is 0. The van der Waals surface area contributed by atoms with Crippen molar-refractivity contribution in [3.63, 3.8) is 0 Å². The Morgan fingerprint density at radius 3 is 2.69 bits per heavy atom. The largest absolute Gasteiger partial charge is 0.393 e. The van der Waals surface area contributed by atoms with E-state index in [-0.39, 0.29) is 6.10 Å². The second-order valence-electron chi connectivity index (χ2n) is 4.40. The molecule has 0 bridgehead atoms. The first-order valence-corrected chi connectivity index (χ1v) is 5.48. The molecule has 0 aliphatic carbocycles. The van der Waals surface area contributed by atoms with Crippen molar-refractivity contribution in [2.24, 2.45) is 5.92 Å². The molecule has 1 aliphatic heterocycles. The van der Waals surface area contributed by atoms with Crippen LogP contribution in [0.15, 0.2) is 0 Å². The van der Waals surface area contributed by atoms with Gasteiger partial charge in [-0.25, -0.2) is 0 Å². The second kappa shape index (κ2) is 5.61. The number of aliphatic hydroxyl groups excluding tert-OH is 1. The highest BCUT2D eigenvalue weighted by atomic mass is 16.5. The van der Waals surface area contributed by atoms with E-state index in [0.29, 0.717) is 12.0 Å². The molecule has 2 heteroatoms. The summed E-state index contributed by atoms with van der Waals surface area (Å²) in [5.74, 6) is 0.692. The molecular formula is C11H22O2. The summed E-state index contributed by atoms with van der Waals surface area (Å²) < 4.78 is 5.57. The third-order valence-corrected chi connectivity index (χ3v) is 2.77. The smallest absolute Gasteiger partial charge is 0.0578 e. The molecule has 0 amide bonds. The Bertz CT molecular complexity index is 128. The van der Waals surface area contributed by atoms with E-state index in [0.717, 1.165) is 19.4 Å². The average molecular weight is 186 g/mol. The van der Waals surface area contributed by atoms with Crippen molar-refractivity contribution < 1.29 is 9.84 Å². The highest BCUT2D eigenvalue weighted by Crippen LogP contribution is 2.22. The minimum atomic E-state index is -0.146. The Kier molecular flexibility index (Phi) is 4.74. The van der Waals surface area contributed by atoms with Crippen LogP contribution < -0.4 is 0 Å². The summed E-state index contributed by atoms with van der Waals surface area (Å²) in [6.07, 6.45) is 6.04. The van der Waals surface area contributed by atoms with Gasteiger partial charge in [0.2, 0.25) is 0 Å². The first-order valence-electron chi connectivity index (χ1n) is 5.48. The van der Waals surface area contributed by atoms with Crippen LogP contribution in [0.2, 0.25) is 0 Å². The van der Waals surface area contributed by atoms with Gasteiger partial charge in [0.05, 0.1) is 12.2 Å². The predicted molar refractivity (Wildman–Crippen MR) is 53.7 cm³/mol. The lowest BCUT2D eigenvalue weighted by Gasteiger charge is -2.16. The maximum Gasteiger partial charge on any atom is 0.0578 e. The normalized spacial score (nSPS) is 27.5. The third kappa shape index (κ3) is 4.63. The monoisotopic (exact) mass is 186 g/mol. The number of hydrogen-bond acceptors (Lipinski definition) is 2. The van der Waals surface area contributed by atoms with Gasteiger partial charge < -0.3 is 9.84 Å². The lowest BCUT2D eigenvalue weighted by molar-refractivity contribution is 0.0871. The van der Waals surface area contributed by atoms with Gasteiger partial charge in [0.15, 0.2) is 0 Å². The number of ether oxygens (including phenoxy) is 1. The van der Waals surface area contributed by atoms with E-state index >= 15 is 0 Å². The summed E-state index contributed by atoms with van der Waals surface area (Å²) in [5, 5.41) is 9.13.